The molecule has 9 heteroatoms. The number of para-hydroxylation sites is 1. The van der Waals surface area contributed by atoms with Crippen LogP contribution in [0, 0.1) is 0 Å². The number of alkyl carbamates (subject to hydrolysis) is 1. The highest BCUT2D eigenvalue weighted by Crippen LogP contribution is 2.29. The van der Waals surface area contributed by atoms with E-state index in [1.165, 1.54) is 12.1 Å². The molecule has 1 heterocycles. The number of H-pyrrole nitrogens is 1. The molecular weight excluding hydrogens is 437 g/mol. The van der Waals surface area contributed by atoms with Gasteiger partial charge in [-0.1, -0.05) is 30.3 Å². The zero-order valence-electron chi connectivity index (χ0n) is 18.5. The lowest BCUT2D eigenvalue weighted by Gasteiger charge is -2.23. The van der Waals surface area contributed by atoms with Gasteiger partial charge in [-0.2, -0.15) is 13.2 Å². The van der Waals surface area contributed by atoms with Crippen LogP contribution in [0.25, 0.3) is 10.9 Å². The third-order valence-electron chi connectivity index (χ3n) is 4.74. The number of amides is 1. The lowest BCUT2D eigenvalue weighted by molar-refractivity contribution is -0.147. The SMILES string of the molecule is CC(C)(C)OC(=O)N[C@@H](Cc1c[nH]c2ccccc12)C(=O)OCc1ccc(C(F)(F)F)cc1. The molecule has 0 saturated heterocycles. The van der Waals surface area contributed by atoms with E-state index < -0.39 is 35.4 Å². The first-order valence-corrected chi connectivity index (χ1v) is 10.3. The van der Waals surface area contributed by atoms with E-state index in [0.29, 0.717) is 5.56 Å². The molecule has 6 nitrogen and oxygen atoms in total. The summed E-state index contributed by atoms with van der Waals surface area (Å²) < 4.78 is 48.8. The fraction of sp³-hybridized carbons (Fsp3) is 0.333. The Morgan fingerprint density at radius 3 is 2.33 bits per heavy atom. The smallest absolute Gasteiger partial charge is 0.416 e. The standard InChI is InChI=1S/C24H25F3N2O4/c1-23(2,3)33-22(31)29-20(12-16-13-28-19-7-5-4-6-18(16)19)21(30)32-14-15-8-10-17(11-9-15)24(25,26)27/h4-11,13,20,28H,12,14H2,1-3H3,(H,29,31)/t20-/m0/s1. The predicted molar refractivity (Wildman–Crippen MR) is 116 cm³/mol. The minimum absolute atomic E-state index is 0.134. The van der Waals surface area contributed by atoms with Crippen molar-refractivity contribution in [3.05, 3.63) is 71.4 Å². The molecule has 0 radical (unpaired) electrons. The van der Waals surface area contributed by atoms with E-state index in [9.17, 15) is 22.8 Å². The van der Waals surface area contributed by atoms with Gasteiger partial charge in [0, 0.05) is 23.5 Å². The number of rotatable bonds is 6. The molecule has 1 aromatic heterocycles. The van der Waals surface area contributed by atoms with Crippen molar-refractivity contribution in [2.24, 2.45) is 0 Å². The maximum Gasteiger partial charge on any atom is 0.416 e. The van der Waals surface area contributed by atoms with Crippen LogP contribution in [0.2, 0.25) is 0 Å². The summed E-state index contributed by atoms with van der Waals surface area (Å²) in [6.07, 6.45) is -3.34. The van der Waals surface area contributed by atoms with Crippen molar-refractivity contribution in [2.45, 2.75) is 51.6 Å². The van der Waals surface area contributed by atoms with E-state index in [-0.39, 0.29) is 13.0 Å². The Balaban J connectivity index is 1.73. The van der Waals surface area contributed by atoms with Gasteiger partial charge in [-0.3, -0.25) is 0 Å². The summed E-state index contributed by atoms with van der Waals surface area (Å²) >= 11 is 0. The fourth-order valence-corrected chi connectivity index (χ4v) is 3.21. The van der Waals surface area contributed by atoms with Crippen LogP contribution in [-0.2, 0) is 33.5 Å². The van der Waals surface area contributed by atoms with Crippen molar-refractivity contribution in [3.8, 4) is 0 Å². The molecular formula is C24H25F3N2O4. The highest BCUT2D eigenvalue weighted by molar-refractivity contribution is 5.86. The van der Waals surface area contributed by atoms with Gasteiger partial charge in [-0.05, 0) is 50.1 Å². The van der Waals surface area contributed by atoms with Crippen molar-refractivity contribution in [3.63, 3.8) is 0 Å². The second-order valence-corrected chi connectivity index (χ2v) is 8.56. The third kappa shape index (κ3) is 6.74. The molecule has 2 N–H and O–H groups in total. The van der Waals surface area contributed by atoms with Crippen molar-refractivity contribution in [2.75, 3.05) is 0 Å². The predicted octanol–water partition coefficient (Wildman–Crippen LogP) is 5.37. The monoisotopic (exact) mass is 462 g/mol. The minimum Gasteiger partial charge on any atom is -0.459 e. The van der Waals surface area contributed by atoms with Crippen molar-refractivity contribution in [1.29, 1.82) is 0 Å². The molecule has 0 bridgehead atoms. The van der Waals surface area contributed by atoms with Crippen LogP contribution in [0.4, 0.5) is 18.0 Å². The lowest BCUT2D eigenvalue weighted by atomic mass is 10.1. The first kappa shape index (κ1) is 24.2. The van der Waals surface area contributed by atoms with Gasteiger partial charge < -0.3 is 19.8 Å². The van der Waals surface area contributed by atoms with Crippen LogP contribution < -0.4 is 5.32 Å². The molecule has 176 valence electrons. The molecule has 0 unspecified atom stereocenters. The van der Waals surface area contributed by atoms with Gasteiger partial charge in [0.25, 0.3) is 0 Å². The largest absolute Gasteiger partial charge is 0.459 e. The average molecular weight is 462 g/mol. The van der Waals surface area contributed by atoms with Crippen LogP contribution in [-0.4, -0.2) is 28.7 Å². The zero-order valence-corrected chi connectivity index (χ0v) is 18.5. The summed E-state index contributed by atoms with van der Waals surface area (Å²) in [6, 6.07) is 10.8. The molecule has 0 aliphatic rings. The zero-order chi connectivity index (χ0) is 24.2. The second-order valence-electron chi connectivity index (χ2n) is 8.56. The number of halogens is 3. The van der Waals surface area contributed by atoms with Gasteiger partial charge >= 0.3 is 18.2 Å². The van der Waals surface area contributed by atoms with Crippen LogP contribution >= 0.6 is 0 Å². The lowest BCUT2D eigenvalue weighted by Crippen LogP contribution is -2.45. The Bertz CT molecular complexity index is 1120. The van der Waals surface area contributed by atoms with E-state index in [2.05, 4.69) is 10.3 Å². The van der Waals surface area contributed by atoms with Crippen molar-refractivity contribution >= 4 is 23.0 Å². The molecule has 3 aromatic rings. The van der Waals surface area contributed by atoms with Crippen LogP contribution in [0.1, 0.15) is 37.5 Å². The number of aromatic nitrogens is 1. The maximum absolute atomic E-state index is 12.8. The number of benzene rings is 2. The summed E-state index contributed by atoms with van der Waals surface area (Å²) in [7, 11) is 0. The number of fused-ring (bicyclic) bond motifs is 1. The Morgan fingerprint density at radius 1 is 1.03 bits per heavy atom. The summed E-state index contributed by atoms with van der Waals surface area (Å²) in [5, 5.41) is 3.44. The van der Waals surface area contributed by atoms with Crippen molar-refractivity contribution < 1.29 is 32.2 Å². The molecule has 0 aliphatic carbocycles. The third-order valence-corrected chi connectivity index (χ3v) is 4.74. The first-order valence-electron chi connectivity index (χ1n) is 10.3. The number of esters is 1. The topological polar surface area (TPSA) is 80.4 Å². The van der Waals surface area contributed by atoms with E-state index in [1.807, 2.05) is 24.3 Å². The van der Waals surface area contributed by atoms with Gasteiger partial charge in [-0.25, -0.2) is 9.59 Å². The molecule has 33 heavy (non-hydrogen) atoms. The Kier molecular flexibility index (Phi) is 7.00. The molecule has 0 aliphatic heterocycles. The molecule has 3 rings (SSSR count). The summed E-state index contributed by atoms with van der Waals surface area (Å²) in [6.45, 7) is 4.86. The second kappa shape index (κ2) is 9.56. The molecule has 0 saturated carbocycles. The molecule has 1 atom stereocenters. The maximum atomic E-state index is 12.8. The fourth-order valence-electron chi connectivity index (χ4n) is 3.21. The highest BCUT2D eigenvalue weighted by Gasteiger charge is 2.30. The quantitative estimate of drug-likeness (QED) is 0.483. The number of carbonyl (C=O) groups is 2. The summed E-state index contributed by atoms with van der Waals surface area (Å²) in [4.78, 5) is 28.3. The van der Waals surface area contributed by atoms with Gasteiger partial charge in [0.2, 0.25) is 0 Å². The van der Waals surface area contributed by atoms with E-state index in [1.54, 1.807) is 27.0 Å². The molecule has 2 aromatic carbocycles. The van der Waals surface area contributed by atoms with Gasteiger partial charge in [0.05, 0.1) is 5.56 Å². The molecule has 0 fully saturated rings. The van der Waals surface area contributed by atoms with E-state index in [4.69, 9.17) is 9.47 Å². The van der Waals surface area contributed by atoms with Crippen LogP contribution in [0.3, 0.4) is 0 Å². The number of carbonyl (C=O) groups excluding carboxylic acids is 2. The summed E-state index contributed by atoms with van der Waals surface area (Å²) in [5.41, 5.74) is 0.500. The van der Waals surface area contributed by atoms with E-state index >= 15 is 0 Å². The minimum atomic E-state index is -4.45. The Labute approximate surface area is 189 Å². The average Bonchev–Trinajstić information content (AvgIpc) is 3.13. The Morgan fingerprint density at radius 2 is 1.70 bits per heavy atom. The van der Waals surface area contributed by atoms with Gasteiger partial charge in [0.1, 0.15) is 18.2 Å². The molecule has 0 spiro atoms. The van der Waals surface area contributed by atoms with Gasteiger partial charge in [0.15, 0.2) is 0 Å². The number of hydrogen-bond acceptors (Lipinski definition) is 4. The van der Waals surface area contributed by atoms with E-state index in [0.717, 1.165) is 28.6 Å². The van der Waals surface area contributed by atoms with Crippen molar-refractivity contribution in [1.82, 2.24) is 10.3 Å². The Hall–Kier alpha value is -3.49. The number of alkyl halides is 3. The first-order chi connectivity index (χ1) is 15.4. The van der Waals surface area contributed by atoms with Crippen LogP contribution in [0.5, 0.6) is 0 Å². The number of nitrogens with one attached hydrogen (secondary N) is 2. The highest BCUT2D eigenvalue weighted by atomic mass is 19.4. The van der Waals surface area contributed by atoms with Gasteiger partial charge in [-0.15, -0.1) is 0 Å². The molecule has 1 amide bonds. The normalized spacial score (nSPS) is 12.9. The van der Waals surface area contributed by atoms with Crippen LogP contribution in [0.15, 0.2) is 54.7 Å². The number of ether oxygens (including phenoxy) is 2. The summed E-state index contributed by atoms with van der Waals surface area (Å²) in [5.74, 6) is -0.731. The number of aromatic amines is 1. The number of hydrogen-bond donors (Lipinski definition) is 2.